The summed E-state index contributed by atoms with van der Waals surface area (Å²) in [6.45, 7) is 1.65. The van der Waals surface area contributed by atoms with Crippen LogP contribution in [0.1, 0.15) is 33.2 Å². The molecule has 2 aromatic rings. The summed E-state index contributed by atoms with van der Waals surface area (Å²) in [6, 6.07) is 15.7. The number of hydrogen-bond donors (Lipinski definition) is 0. The number of carbonyl (C=O) groups is 2. The summed E-state index contributed by atoms with van der Waals surface area (Å²) in [5.74, 6) is -0.527. The molecule has 0 aromatic heterocycles. The van der Waals surface area contributed by atoms with E-state index in [1.165, 1.54) is 13.0 Å². The first-order valence-electron chi connectivity index (χ1n) is 6.48. The number of amides is 1. The van der Waals surface area contributed by atoms with Crippen molar-refractivity contribution in [2.24, 2.45) is 0 Å². The SMILES string of the molecule is CC(=O)c1cccc(C(=O)N(C#N)Cc2ccccc2)c1. The van der Waals surface area contributed by atoms with E-state index in [1.807, 2.05) is 36.5 Å². The number of benzene rings is 2. The van der Waals surface area contributed by atoms with Crippen molar-refractivity contribution in [3.63, 3.8) is 0 Å². The Bertz CT molecular complexity index is 702. The standard InChI is InChI=1S/C17H14N2O2/c1-13(20)15-8-5-9-16(10-15)17(21)19(12-18)11-14-6-3-2-4-7-14/h2-10H,11H2,1H3. The van der Waals surface area contributed by atoms with Crippen LogP contribution >= 0.6 is 0 Å². The second kappa shape index (κ2) is 6.49. The fraction of sp³-hybridized carbons (Fsp3) is 0.118. The minimum atomic E-state index is -0.413. The average Bonchev–Trinajstić information content (AvgIpc) is 2.53. The summed E-state index contributed by atoms with van der Waals surface area (Å²) in [5, 5.41) is 9.19. The highest BCUT2D eigenvalue weighted by atomic mass is 16.2. The molecule has 2 aromatic carbocycles. The van der Waals surface area contributed by atoms with Gasteiger partial charge in [-0.15, -0.1) is 0 Å². The van der Waals surface area contributed by atoms with E-state index in [0.717, 1.165) is 10.5 Å². The maximum atomic E-state index is 12.3. The first kappa shape index (κ1) is 14.5. The molecule has 0 unspecified atom stereocenters. The zero-order valence-electron chi connectivity index (χ0n) is 11.6. The molecule has 0 heterocycles. The molecule has 0 radical (unpaired) electrons. The Morgan fingerprint density at radius 2 is 1.71 bits per heavy atom. The van der Waals surface area contributed by atoms with E-state index in [4.69, 9.17) is 0 Å². The largest absolute Gasteiger partial charge is 0.295 e. The average molecular weight is 278 g/mol. The molecule has 104 valence electrons. The molecular formula is C17H14N2O2. The third kappa shape index (κ3) is 3.54. The molecule has 0 spiro atoms. The third-order valence-electron chi connectivity index (χ3n) is 3.07. The Hall–Kier alpha value is -2.93. The number of nitriles is 1. The zero-order valence-corrected chi connectivity index (χ0v) is 11.6. The Labute approximate surface area is 123 Å². The Kier molecular flexibility index (Phi) is 4.47. The Morgan fingerprint density at radius 1 is 1.05 bits per heavy atom. The Morgan fingerprint density at radius 3 is 2.33 bits per heavy atom. The lowest BCUT2D eigenvalue weighted by Crippen LogP contribution is -2.25. The van der Waals surface area contributed by atoms with Gasteiger partial charge in [-0.1, -0.05) is 42.5 Å². The van der Waals surface area contributed by atoms with Gasteiger partial charge in [0.05, 0.1) is 6.54 Å². The van der Waals surface area contributed by atoms with Crippen molar-refractivity contribution in [1.82, 2.24) is 4.90 Å². The van der Waals surface area contributed by atoms with E-state index in [0.29, 0.717) is 11.1 Å². The van der Waals surface area contributed by atoms with E-state index < -0.39 is 5.91 Å². The molecule has 0 aliphatic rings. The second-order valence-electron chi connectivity index (χ2n) is 4.61. The van der Waals surface area contributed by atoms with Crippen molar-refractivity contribution < 1.29 is 9.59 Å². The van der Waals surface area contributed by atoms with Crippen LogP contribution in [0.5, 0.6) is 0 Å². The monoisotopic (exact) mass is 278 g/mol. The molecule has 0 N–H and O–H groups in total. The number of ketones is 1. The minimum Gasteiger partial charge on any atom is -0.295 e. The highest BCUT2D eigenvalue weighted by Crippen LogP contribution is 2.11. The molecule has 0 bridgehead atoms. The number of carbonyl (C=O) groups excluding carboxylic acids is 2. The number of hydrogen-bond acceptors (Lipinski definition) is 3. The summed E-state index contributed by atoms with van der Waals surface area (Å²) in [7, 11) is 0. The van der Waals surface area contributed by atoms with Crippen LogP contribution in [0.3, 0.4) is 0 Å². The topological polar surface area (TPSA) is 61.2 Å². The molecule has 0 aliphatic heterocycles. The van der Waals surface area contributed by atoms with Gasteiger partial charge in [-0.3, -0.25) is 9.59 Å². The van der Waals surface area contributed by atoms with Gasteiger partial charge in [0, 0.05) is 11.1 Å². The van der Waals surface area contributed by atoms with Crippen LogP contribution in [0, 0.1) is 11.5 Å². The highest BCUT2D eigenvalue weighted by Gasteiger charge is 2.16. The maximum Gasteiger partial charge on any atom is 0.267 e. The van der Waals surface area contributed by atoms with E-state index in [1.54, 1.807) is 18.2 Å². The molecular weight excluding hydrogens is 264 g/mol. The van der Waals surface area contributed by atoms with Crippen molar-refractivity contribution in [2.45, 2.75) is 13.5 Å². The lowest BCUT2D eigenvalue weighted by atomic mass is 10.1. The molecule has 1 amide bonds. The van der Waals surface area contributed by atoms with Crippen molar-refractivity contribution >= 4 is 11.7 Å². The van der Waals surface area contributed by atoms with Gasteiger partial charge in [0.2, 0.25) is 0 Å². The lowest BCUT2D eigenvalue weighted by molar-refractivity contribution is 0.0824. The van der Waals surface area contributed by atoms with Gasteiger partial charge in [-0.05, 0) is 24.6 Å². The molecule has 0 saturated heterocycles. The van der Waals surface area contributed by atoms with Gasteiger partial charge < -0.3 is 0 Å². The fourth-order valence-corrected chi connectivity index (χ4v) is 1.95. The van der Waals surface area contributed by atoms with Gasteiger partial charge in [-0.25, -0.2) is 4.90 Å². The summed E-state index contributed by atoms with van der Waals surface area (Å²) in [5.41, 5.74) is 1.66. The number of nitrogens with zero attached hydrogens (tertiary/aromatic N) is 2. The summed E-state index contributed by atoms with van der Waals surface area (Å²) >= 11 is 0. The predicted molar refractivity (Wildman–Crippen MR) is 78.4 cm³/mol. The second-order valence-corrected chi connectivity index (χ2v) is 4.61. The van der Waals surface area contributed by atoms with Gasteiger partial charge in [0.1, 0.15) is 0 Å². The third-order valence-corrected chi connectivity index (χ3v) is 3.07. The van der Waals surface area contributed by atoms with E-state index in [-0.39, 0.29) is 12.3 Å². The van der Waals surface area contributed by atoms with E-state index in [2.05, 4.69) is 0 Å². The van der Waals surface area contributed by atoms with Crippen molar-refractivity contribution in [3.05, 3.63) is 71.3 Å². The molecule has 0 saturated carbocycles. The van der Waals surface area contributed by atoms with Crippen LogP contribution in [0.15, 0.2) is 54.6 Å². The van der Waals surface area contributed by atoms with Gasteiger partial charge in [0.25, 0.3) is 5.91 Å². The summed E-state index contributed by atoms with van der Waals surface area (Å²) < 4.78 is 0. The number of rotatable bonds is 4. The molecule has 0 atom stereocenters. The normalized spacial score (nSPS) is 9.71. The molecule has 0 fully saturated rings. The summed E-state index contributed by atoms with van der Waals surface area (Å²) in [4.78, 5) is 24.8. The molecule has 2 rings (SSSR count). The highest BCUT2D eigenvalue weighted by molar-refractivity contribution is 6.00. The van der Waals surface area contributed by atoms with Crippen LogP contribution in [-0.2, 0) is 6.54 Å². The molecule has 0 aliphatic carbocycles. The lowest BCUT2D eigenvalue weighted by Gasteiger charge is -2.14. The number of Topliss-reactive ketones (excluding diaryl/α,β-unsaturated/α-hetero) is 1. The maximum absolute atomic E-state index is 12.3. The first-order valence-corrected chi connectivity index (χ1v) is 6.48. The smallest absolute Gasteiger partial charge is 0.267 e. The van der Waals surface area contributed by atoms with Crippen LogP contribution in [0.25, 0.3) is 0 Å². The minimum absolute atomic E-state index is 0.115. The van der Waals surface area contributed by atoms with Crippen molar-refractivity contribution in [2.75, 3.05) is 0 Å². The fourth-order valence-electron chi connectivity index (χ4n) is 1.95. The first-order chi connectivity index (χ1) is 10.1. The van der Waals surface area contributed by atoms with E-state index >= 15 is 0 Å². The summed E-state index contributed by atoms with van der Waals surface area (Å²) in [6.07, 6.45) is 1.90. The molecule has 4 heteroatoms. The Balaban J connectivity index is 2.23. The van der Waals surface area contributed by atoms with Crippen molar-refractivity contribution in [3.8, 4) is 6.19 Å². The predicted octanol–water partition coefficient (Wildman–Crippen LogP) is 3.01. The van der Waals surface area contributed by atoms with Gasteiger partial charge in [-0.2, -0.15) is 5.26 Å². The van der Waals surface area contributed by atoms with Crippen LogP contribution < -0.4 is 0 Å². The van der Waals surface area contributed by atoms with Crippen LogP contribution in [0.4, 0.5) is 0 Å². The quantitative estimate of drug-likeness (QED) is 0.490. The van der Waals surface area contributed by atoms with Gasteiger partial charge in [0.15, 0.2) is 12.0 Å². The molecule has 4 nitrogen and oxygen atoms in total. The van der Waals surface area contributed by atoms with Gasteiger partial charge >= 0.3 is 0 Å². The van der Waals surface area contributed by atoms with Crippen LogP contribution in [-0.4, -0.2) is 16.6 Å². The van der Waals surface area contributed by atoms with E-state index in [9.17, 15) is 14.9 Å². The molecule has 21 heavy (non-hydrogen) atoms. The van der Waals surface area contributed by atoms with Crippen LogP contribution in [0.2, 0.25) is 0 Å². The zero-order chi connectivity index (χ0) is 15.2. The van der Waals surface area contributed by atoms with Crippen molar-refractivity contribution in [1.29, 1.82) is 5.26 Å².